The Hall–Kier alpha value is -2.68. The molecule has 1 fully saturated rings. The van der Waals surface area contributed by atoms with Crippen LogP contribution in [0.15, 0.2) is 66.9 Å². The van der Waals surface area contributed by atoms with Crippen LogP contribution < -0.4 is 5.32 Å². The maximum Gasteiger partial charge on any atom is 0.225 e. The topological polar surface area (TPSA) is 42.0 Å². The van der Waals surface area contributed by atoms with Gasteiger partial charge in [-0.3, -0.25) is 9.78 Å². The van der Waals surface area contributed by atoms with Crippen LogP contribution in [-0.2, 0) is 16.8 Å². The number of nitrogens with zero attached hydrogens (tertiary/aromatic N) is 1. The molecule has 1 aliphatic rings. The van der Waals surface area contributed by atoms with Crippen molar-refractivity contribution in [2.24, 2.45) is 0 Å². The molecule has 1 saturated carbocycles. The predicted molar refractivity (Wildman–Crippen MR) is 95.6 cm³/mol. The lowest BCUT2D eigenvalue weighted by Crippen LogP contribution is -2.51. The van der Waals surface area contributed by atoms with Crippen molar-refractivity contribution in [3.63, 3.8) is 0 Å². The zero-order valence-electron chi connectivity index (χ0n) is 13.5. The number of fused-ring (bicyclic) bond motifs is 1. The Balaban J connectivity index is 1.56. The van der Waals surface area contributed by atoms with Gasteiger partial charge >= 0.3 is 0 Å². The van der Waals surface area contributed by atoms with Crippen LogP contribution in [0.2, 0.25) is 0 Å². The van der Waals surface area contributed by atoms with Gasteiger partial charge in [-0.05, 0) is 36.5 Å². The number of carbonyl (C=O) groups excluding carboxylic acids is 1. The van der Waals surface area contributed by atoms with Gasteiger partial charge in [0.1, 0.15) is 0 Å². The SMILES string of the molecule is O=C(Cc1cccc2cccnc12)NC1(c2ccccc2)CCC1. The number of nitrogens with one attached hydrogen (secondary N) is 1. The summed E-state index contributed by atoms with van der Waals surface area (Å²) in [5, 5.41) is 4.37. The van der Waals surface area contributed by atoms with Gasteiger partial charge < -0.3 is 5.32 Å². The van der Waals surface area contributed by atoms with E-state index in [1.807, 2.05) is 48.5 Å². The number of aromatic nitrogens is 1. The van der Waals surface area contributed by atoms with Gasteiger partial charge in [-0.1, -0.05) is 54.6 Å². The molecule has 0 saturated heterocycles. The van der Waals surface area contributed by atoms with E-state index in [0.717, 1.165) is 35.7 Å². The van der Waals surface area contributed by atoms with Crippen LogP contribution in [0, 0.1) is 0 Å². The second-order valence-corrected chi connectivity index (χ2v) is 6.52. The third-order valence-electron chi connectivity index (χ3n) is 4.98. The van der Waals surface area contributed by atoms with Crippen LogP contribution >= 0.6 is 0 Å². The average Bonchev–Trinajstić information content (AvgIpc) is 2.59. The van der Waals surface area contributed by atoms with Gasteiger partial charge in [-0.25, -0.2) is 0 Å². The summed E-state index contributed by atoms with van der Waals surface area (Å²) in [6.07, 6.45) is 5.32. The Morgan fingerprint density at radius 3 is 2.54 bits per heavy atom. The van der Waals surface area contributed by atoms with Crippen molar-refractivity contribution in [2.45, 2.75) is 31.2 Å². The highest BCUT2D eigenvalue weighted by molar-refractivity contribution is 5.88. The van der Waals surface area contributed by atoms with Crippen molar-refractivity contribution in [3.05, 3.63) is 78.0 Å². The molecule has 24 heavy (non-hydrogen) atoms. The second kappa shape index (κ2) is 6.08. The van der Waals surface area contributed by atoms with E-state index in [1.165, 1.54) is 5.56 Å². The Bertz CT molecular complexity index is 864. The van der Waals surface area contributed by atoms with E-state index in [1.54, 1.807) is 6.20 Å². The Kier molecular flexibility index (Phi) is 3.77. The van der Waals surface area contributed by atoms with Crippen molar-refractivity contribution in [3.8, 4) is 0 Å². The molecule has 0 bridgehead atoms. The summed E-state index contributed by atoms with van der Waals surface area (Å²) < 4.78 is 0. The highest BCUT2D eigenvalue weighted by Gasteiger charge is 2.39. The van der Waals surface area contributed by atoms with E-state index in [0.29, 0.717) is 6.42 Å². The number of para-hydroxylation sites is 1. The zero-order chi connectivity index (χ0) is 16.4. The van der Waals surface area contributed by atoms with Crippen LogP contribution in [0.5, 0.6) is 0 Å². The molecule has 1 amide bonds. The number of benzene rings is 2. The summed E-state index contributed by atoms with van der Waals surface area (Å²) in [6, 6.07) is 20.3. The monoisotopic (exact) mass is 316 g/mol. The highest BCUT2D eigenvalue weighted by atomic mass is 16.1. The van der Waals surface area contributed by atoms with Crippen LogP contribution in [0.4, 0.5) is 0 Å². The zero-order valence-corrected chi connectivity index (χ0v) is 13.5. The molecule has 1 heterocycles. The highest BCUT2D eigenvalue weighted by Crippen LogP contribution is 2.41. The maximum absolute atomic E-state index is 12.7. The van der Waals surface area contributed by atoms with Crippen molar-refractivity contribution in [2.75, 3.05) is 0 Å². The van der Waals surface area contributed by atoms with Crippen molar-refractivity contribution in [1.82, 2.24) is 10.3 Å². The first kappa shape index (κ1) is 14.9. The molecule has 120 valence electrons. The maximum atomic E-state index is 12.7. The van der Waals surface area contributed by atoms with E-state index >= 15 is 0 Å². The number of pyridine rings is 1. The fourth-order valence-corrected chi connectivity index (χ4v) is 3.57. The molecular weight excluding hydrogens is 296 g/mol. The van der Waals surface area contributed by atoms with E-state index in [9.17, 15) is 4.79 Å². The fourth-order valence-electron chi connectivity index (χ4n) is 3.57. The quantitative estimate of drug-likeness (QED) is 0.791. The molecule has 0 aliphatic heterocycles. The molecular formula is C21H20N2O. The van der Waals surface area contributed by atoms with Crippen molar-refractivity contribution < 1.29 is 4.79 Å². The lowest BCUT2D eigenvalue weighted by Gasteiger charge is -2.43. The van der Waals surface area contributed by atoms with Gasteiger partial charge in [0.05, 0.1) is 17.5 Å². The average molecular weight is 316 g/mol. The Labute approximate surface area is 141 Å². The standard InChI is InChI=1S/C21H20N2O/c24-19(15-17-8-4-7-16-9-5-14-22-20(16)17)23-21(12-6-13-21)18-10-2-1-3-11-18/h1-5,7-11,14H,6,12-13,15H2,(H,23,24). The summed E-state index contributed by atoms with van der Waals surface area (Å²) in [6.45, 7) is 0. The molecule has 3 nitrogen and oxygen atoms in total. The third kappa shape index (κ3) is 2.67. The fraction of sp³-hybridized carbons (Fsp3) is 0.238. The molecule has 0 radical (unpaired) electrons. The van der Waals surface area contributed by atoms with Gasteiger partial charge in [-0.2, -0.15) is 0 Å². The lowest BCUT2D eigenvalue weighted by atomic mass is 9.71. The largest absolute Gasteiger partial charge is 0.346 e. The normalized spacial score (nSPS) is 15.7. The van der Waals surface area contributed by atoms with Crippen LogP contribution in [0.1, 0.15) is 30.4 Å². The smallest absolute Gasteiger partial charge is 0.225 e. The van der Waals surface area contributed by atoms with Crippen LogP contribution in [-0.4, -0.2) is 10.9 Å². The van der Waals surface area contributed by atoms with Crippen molar-refractivity contribution in [1.29, 1.82) is 0 Å². The van der Waals surface area contributed by atoms with Crippen molar-refractivity contribution >= 4 is 16.8 Å². The molecule has 3 aromatic rings. The minimum absolute atomic E-state index is 0.0664. The number of hydrogen-bond acceptors (Lipinski definition) is 2. The number of amides is 1. The predicted octanol–water partition coefficient (Wildman–Crippen LogP) is 3.97. The summed E-state index contributed by atoms with van der Waals surface area (Å²) in [7, 11) is 0. The van der Waals surface area contributed by atoms with Gasteiger partial charge in [0.25, 0.3) is 0 Å². The first-order valence-electron chi connectivity index (χ1n) is 8.46. The third-order valence-corrected chi connectivity index (χ3v) is 4.98. The van der Waals surface area contributed by atoms with E-state index in [2.05, 4.69) is 22.4 Å². The lowest BCUT2D eigenvalue weighted by molar-refractivity contribution is -0.123. The molecule has 4 rings (SSSR count). The number of rotatable bonds is 4. The van der Waals surface area contributed by atoms with Gasteiger partial charge in [-0.15, -0.1) is 0 Å². The van der Waals surface area contributed by atoms with Gasteiger partial charge in [0.2, 0.25) is 5.91 Å². The molecule has 0 spiro atoms. The molecule has 2 aromatic carbocycles. The molecule has 0 atom stereocenters. The van der Waals surface area contributed by atoms with Crippen LogP contribution in [0.25, 0.3) is 10.9 Å². The van der Waals surface area contributed by atoms with Gasteiger partial charge in [0.15, 0.2) is 0 Å². The minimum Gasteiger partial charge on any atom is -0.346 e. The molecule has 1 aromatic heterocycles. The molecule has 1 N–H and O–H groups in total. The molecule has 0 unspecified atom stereocenters. The van der Waals surface area contributed by atoms with Gasteiger partial charge in [0, 0.05) is 11.6 Å². The molecule has 1 aliphatic carbocycles. The van der Waals surface area contributed by atoms with Crippen LogP contribution in [0.3, 0.4) is 0 Å². The number of carbonyl (C=O) groups is 1. The molecule has 3 heteroatoms. The first-order valence-corrected chi connectivity index (χ1v) is 8.46. The minimum atomic E-state index is -0.184. The second-order valence-electron chi connectivity index (χ2n) is 6.52. The summed E-state index contributed by atoms with van der Waals surface area (Å²) in [4.78, 5) is 17.1. The summed E-state index contributed by atoms with van der Waals surface area (Å²) >= 11 is 0. The number of hydrogen-bond donors (Lipinski definition) is 1. The first-order chi connectivity index (χ1) is 11.8. The summed E-state index contributed by atoms with van der Waals surface area (Å²) in [5.41, 5.74) is 2.92. The Morgan fingerprint density at radius 2 is 1.79 bits per heavy atom. The van der Waals surface area contributed by atoms with E-state index in [-0.39, 0.29) is 11.4 Å². The summed E-state index contributed by atoms with van der Waals surface area (Å²) in [5.74, 6) is 0.0664. The Morgan fingerprint density at radius 1 is 1.00 bits per heavy atom. The van der Waals surface area contributed by atoms with E-state index < -0.39 is 0 Å². The van der Waals surface area contributed by atoms with E-state index in [4.69, 9.17) is 0 Å².